The lowest BCUT2D eigenvalue weighted by Crippen LogP contribution is -2.47. The largest absolute Gasteiger partial charge is 0.416 e. The smallest absolute Gasteiger partial charge is 0.339 e. The van der Waals surface area contributed by atoms with E-state index in [4.69, 9.17) is 0 Å². The Kier molecular flexibility index (Phi) is 7.26. The number of nitrogens with zero attached hydrogens (tertiary/aromatic N) is 1. The van der Waals surface area contributed by atoms with Gasteiger partial charge in [-0.2, -0.15) is 13.2 Å². The van der Waals surface area contributed by atoms with Crippen LogP contribution in [0.2, 0.25) is 0 Å². The van der Waals surface area contributed by atoms with Crippen molar-refractivity contribution < 1.29 is 31.2 Å². The molecule has 0 atom stereocenters. The predicted octanol–water partition coefficient (Wildman–Crippen LogP) is 5.40. The Bertz CT molecular complexity index is 1160. The standard InChI is InChI=1S/C25H28F3NO4S/c1-4-22(30)17-8-10-18(11-9-17)23(31)29-14-12-19(13-15-29)24(2,3)34(32,33)21-7-5-6-20(16-21)25(26,27)28/h5-11,16,19H,4,12-15H2,1-3H3. The van der Waals surface area contributed by atoms with E-state index >= 15 is 0 Å². The van der Waals surface area contributed by atoms with E-state index in [0.717, 1.165) is 12.1 Å². The number of alkyl halides is 3. The molecule has 0 bridgehead atoms. The van der Waals surface area contributed by atoms with E-state index in [1.54, 1.807) is 36.1 Å². The van der Waals surface area contributed by atoms with Crippen LogP contribution >= 0.6 is 0 Å². The molecule has 1 fully saturated rings. The van der Waals surface area contributed by atoms with Gasteiger partial charge in [0.05, 0.1) is 15.2 Å². The Morgan fingerprint density at radius 1 is 0.971 bits per heavy atom. The highest BCUT2D eigenvalue weighted by atomic mass is 32.2. The van der Waals surface area contributed by atoms with Crippen LogP contribution in [0.25, 0.3) is 0 Å². The lowest BCUT2D eigenvalue weighted by molar-refractivity contribution is -0.137. The Hall–Kier alpha value is -2.68. The number of carbonyl (C=O) groups excluding carboxylic acids is 2. The van der Waals surface area contributed by atoms with Gasteiger partial charge in [0.1, 0.15) is 0 Å². The van der Waals surface area contributed by atoms with Crippen molar-refractivity contribution >= 4 is 21.5 Å². The van der Waals surface area contributed by atoms with Crippen molar-refractivity contribution in [3.63, 3.8) is 0 Å². The van der Waals surface area contributed by atoms with Crippen molar-refractivity contribution in [1.29, 1.82) is 0 Å². The Morgan fingerprint density at radius 2 is 1.53 bits per heavy atom. The number of likely N-dealkylation sites (tertiary alicyclic amines) is 1. The molecule has 0 spiro atoms. The van der Waals surface area contributed by atoms with Crippen LogP contribution in [0.3, 0.4) is 0 Å². The van der Waals surface area contributed by atoms with Crippen molar-refractivity contribution in [2.75, 3.05) is 13.1 Å². The summed E-state index contributed by atoms with van der Waals surface area (Å²) in [6.45, 7) is 5.50. The molecule has 0 radical (unpaired) electrons. The van der Waals surface area contributed by atoms with Crippen molar-refractivity contribution in [1.82, 2.24) is 4.90 Å². The molecule has 0 N–H and O–H groups in total. The van der Waals surface area contributed by atoms with E-state index in [0.29, 0.717) is 49.5 Å². The molecule has 0 unspecified atom stereocenters. The average molecular weight is 496 g/mol. The SMILES string of the molecule is CCC(=O)c1ccc(C(=O)N2CCC(C(C)(C)S(=O)(=O)c3cccc(C(F)(F)F)c3)CC2)cc1. The van der Waals surface area contributed by atoms with Gasteiger partial charge < -0.3 is 4.90 Å². The third-order valence-corrected chi connectivity index (χ3v) is 9.30. The molecule has 2 aromatic rings. The van der Waals surface area contributed by atoms with Crippen LogP contribution in [0.1, 0.15) is 66.3 Å². The van der Waals surface area contributed by atoms with Crippen LogP contribution in [0.4, 0.5) is 13.2 Å². The van der Waals surface area contributed by atoms with Crippen molar-refractivity contribution in [3.8, 4) is 0 Å². The molecule has 1 aliphatic heterocycles. The number of benzene rings is 2. The molecule has 5 nitrogen and oxygen atoms in total. The van der Waals surface area contributed by atoms with Gasteiger partial charge in [0.25, 0.3) is 5.91 Å². The summed E-state index contributed by atoms with van der Waals surface area (Å²) < 4.78 is 64.6. The molecule has 1 heterocycles. The zero-order valence-corrected chi connectivity index (χ0v) is 20.2. The zero-order chi connectivity index (χ0) is 25.3. The third kappa shape index (κ3) is 5.04. The zero-order valence-electron chi connectivity index (χ0n) is 19.4. The monoisotopic (exact) mass is 495 g/mol. The molecule has 9 heteroatoms. The summed E-state index contributed by atoms with van der Waals surface area (Å²) in [5, 5.41) is 0. The fraction of sp³-hybridized carbons (Fsp3) is 0.440. The number of hydrogen-bond acceptors (Lipinski definition) is 4. The lowest BCUT2D eigenvalue weighted by Gasteiger charge is -2.40. The van der Waals surface area contributed by atoms with E-state index in [9.17, 15) is 31.2 Å². The summed E-state index contributed by atoms with van der Waals surface area (Å²) in [5.74, 6) is -0.544. The summed E-state index contributed by atoms with van der Waals surface area (Å²) in [4.78, 5) is 25.9. The number of sulfone groups is 1. The molecule has 184 valence electrons. The van der Waals surface area contributed by atoms with Gasteiger partial charge in [0, 0.05) is 30.6 Å². The van der Waals surface area contributed by atoms with Crippen LogP contribution < -0.4 is 0 Å². The summed E-state index contributed by atoms with van der Waals surface area (Å²) in [7, 11) is -4.06. The summed E-state index contributed by atoms with van der Waals surface area (Å²) >= 11 is 0. The van der Waals surface area contributed by atoms with Crippen LogP contribution in [0.15, 0.2) is 53.4 Å². The number of Topliss-reactive ketones (excluding diaryl/α,β-unsaturated/α-hetero) is 1. The molecule has 0 aliphatic carbocycles. The number of hydrogen-bond donors (Lipinski definition) is 0. The minimum Gasteiger partial charge on any atom is -0.339 e. The van der Waals surface area contributed by atoms with Gasteiger partial charge in [-0.05, 0) is 62.9 Å². The summed E-state index contributed by atoms with van der Waals surface area (Å²) in [5.41, 5.74) is -0.0160. The van der Waals surface area contributed by atoms with Gasteiger partial charge in [0.2, 0.25) is 0 Å². The van der Waals surface area contributed by atoms with Crippen molar-refractivity contribution in [2.24, 2.45) is 5.92 Å². The van der Waals surface area contributed by atoms with Crippen LogP contribution in [0, 0.1) is 5.92 Å². The van der Waals surface area contributed by atoms with Crippen molar-refractivity contribution in [2.45, 2.75) is 55.9 Å². The van der Waals surface area contributed by atoms with Gasteiger partial charge in [-0.3, -0.25) is 9.59 Å². The maximum absolute atomic E-state index is 13.3. The van der Waals surface area contributed by atoms with Crippen LogP contribution in [0.5, 0.6) is 0 Å². The van der Waals surface area contributed by atoms with Gasteiger partial charge in [-0.25, -0.2) is 8.42 Å². The molecule has 1 amide bonds. The second-order valence-electron chi connectivity index (χ2n) is 9.05. The maximum Gasteiger partial charge on any atom is 0.416 e. The fourth-order valence-corrected chi connectivity index (χ4v) is 6.15. The number of carbonyl (C=O) groups is 2. The number of piperidine rings is 1. The first kappa shape index (κ1) is 25.9. The van der Waals surface area contributed by atoms with E-state index in [2.05, 4.69) is 0 Å². The second-order valence-corrected chi connectivity index (χ2v) is 11.6. The highest BCUT2D eigenvalue weighted by molar-refractivity contribution is 7.92. The molecular weight excluding hydrogens is 467 g/mol. The first-order valence-electron chi connectivity index (χ1n) is 11.1. The van der Waals surface area contributed by atoms with Crippen molar-refractivity contribution in [3.05, 3.63) is 65.2 Å². The molecule has 2 aromatic carbocycles. The first-order chi connectivity index (χ1) is 15.8. The molecule has 1 aliphatic rings. The van der Waals surface area contributed by atoms with Gasteiger partial charge in [0.15, 0.2) is 15.6 Å². The van der Waals surface area contributed by atoms with Gasteiger partial charge >= 0.3 is 6.18 Å². The Balaban J connectivity index is 1.72. The topological polar surface area (TPSA) is 71.5 Å². The Morgan fingerprint density at radius 3 is 2.06 bits per heavy atom. The van der Waals surface area contributed by atoms with Crippen LogP contribution in [-0.2, 0) is 16.0 Å². The van der Waals surface area contributed by atoms with E-state index in [1.165, 1.54) is 19.9 Å². The number of rotatable bonds is 6. The minimum atomic E-state index is -4.64. The Labute approximate surface area is 197 Å². The normalized spacial score (nSPS) is 15.9. The molecular formula is C25H28F3NO4S. The molecule has 34 heavy (non-hydrogen) atoms. The quantitative estimate of drug-likeness (QED) is 0.503. The average Bonchev–Trinajstić information content (AvgIpc) is 2.82. The second kappa shape index (κ2) is 9.52. The highest BCUT2D eigenvalue weighted by Gasteiger charge is 2.45. The molecule has 0 saturated carbocycles. The number of halogens is 3. The molecule has 1 saturated heterocycles. The maximum atomic E-state index is 13.3. The first-order valence-corrected chi connectivity index (χ1v) is 12.6. The number of amides is 1. The predicted molar refractivity (Wildman–Crippen MR) is 122 cm³/mol. The van der Waals surface area contributed by atoms with Gasteiger partial charge in [-0.15, -0.1) is 0 Å². The lowest BCUT2D eigenvalue weighted by atomic mass is 9.85. The summed E-state index contributed by atoms with van der Waals surface area (Å²) in [6, 6.07) is 10.3. The highest BCUT2D eigenvalue weighted by Crippen LogP contribution is 2.39. The van der Waals surface area contributed by atoms with E-state index < -0.39 is 26.3 Å². The van der Waals surface area contributed by atoms with E-state index in [-0.39, 0.29) is 22.5 Å². The molecule has 0 aromatic heterocycles. The van der Waals surface area contributed by atoms with Gasteiger partial charge in [-0.1, -0.05) is 25.1 Å². The van der Waals surface area contributed by atoms with Crippen LogP contribution in [-0.4, -0.2) is 42.8 Å². The minimum absolute atomic E-state index is 0.0102. The summed E-state index contributed by atoms with van der Waals surface area (Å²) in [6.07, 6.45) is -3.45. The number of ketones is 1. The van der Waals surface area contributed by atoms with E-state index in [1.807, 2.05) is 0 Å². The molecule has 3 rings (SSSR count). The fourth-order valence-electron chi connectivity index (χ4n) is 4.33. The third-order valence-electron chi connectivity index (χ3n) is 6.70.